The minimum absolute atomic E-state index is 0.000754. The van der Waals surface area contributed by atoms with Crippen molar-refractivity contribution in [1.29, 1.82) is 0 Å². The van der Waals surface area contributed by atoms with Crippen LogP contribution in [0.3, 0.4) is 0 Å². The van der Waals surface area contributed by atoms with Gasteiger partial charge in [0.2, 0.25) is 0 Å². The third-order valence-corrected chi connectivity index (χ3v) is 17.4. The van der Waals surface area contributed by atoms with Crippen molar-refractivity contribution in [2.45, 2.75) is 70.6 Å². The lowest BCUT2D eigenvalue weighted by Crippen LogP contribution is -2.60. The van der Waals surface area contributed by atoms with Gasteiger partial charge >= 0.3 is 0 Å². The molecule has 0 bridgehead atoms. The van der Waals surface area contributed by atoms with Crippen molar-refractivity contribution >= 4 is 66.6 Å². The number of rotatable bonds is 8. The average molecular weight is 871 g/mol. The summed E-state index contributed by atoms with van der Waals surface area (Å²) in [6, 6.07) is 68.8. The van der Waals surface area contributed by atoms with Crippen LogP contribution in [-0.2, 0) is 5.41 Å². The number of benzene rings is 9. The second-order valence-electron chi connectivity index (χ2n) is 20.2. The summed E-state index contributed by atoms with van der Waals surface area (Å²) in [6.07, 6.45) is 4.45. The molecule has 0 unspecified atom stereocenters. The zero-order chi connectivity index (χ0) is 45.2. The summed E-state index contributed by atoms with van der Waals surface area (Å²) in [5.74, 6) is 0.923. The van der Waals surface area contributed by atoms with Crippen LogP contribution in [0.25, 0.3) is 88.4 Å². The van der Waals surface area contributed by atoms with E-state index in [1.165, 1.54) is 138 Å². The molecular formula is C65H51BN2. The molecule has 0 atom stereocenters. The molecule has 0 N–H and O–H groups in total. The van der Waals surface area contributed by atoms with Gasteiger partial charge in [-0.25, -0.2) is 0 Å². The summed E-state index contributed by atoms with van der Waals surface area (Å²) in [4.78, 5) is 0. The van der Waals surface area contributed by atoms with Crippen molar-refractivity contribution in [1.82, 2.24) is 9.13 Å². The minimum atomic E-state index is -0.523. The van der Waals surface area contributed by atoms with E-state index in [0.717, 1.165) is 25.7 Å². The van der Waals surface area contributed by atoms with Gasteiger partial charge in [-0.3, -0.25) is 0 Å². The predicted molar refractivity (Wildman–Crippen MR) is 288 cm³/mol. The first-order valence-corrected chi connectivity index (χ1v) is 25.3. The Hall–Kier alpha value is -7.36. The summed E-state index contributed by atoms with van der Waals surface area (Å²) in [6.45, 7) is 9.55. The fraction of sp³-hybridized carbons (Fsp3) is 0.169. The van der Waals surface area contributed by atoms with E-state index in [0.29, 0.717) is 11.8 Å². The van der Waals surface area contributed by atoms with Gasteiger partial charge in [-0.1, -0.05) is 179 Å². The third kappa shape index (κ3) is 4.56. The summed E-state index contributed by atoms with van der Waals surface area (Å²) >= 11 is 0. The lowest BCUT2D eigenvalue weighted by atomic mass is 9.33. The largest absolute Gasteiger partial charge is 0.310 e. The SMILES string of the molecule is CCC(CC)c1cc2c3c(c1)c1cc(C(CC)CC)cc4c1n3-c1c(ccc3c1B2c1c2ccccc2cc2c(-c5ccccc5)c(-c5ccccc5)n-3c12)C41c2ccccc2-c2ccccc21. The second kappa shape index (κ2) is 13.9. The highest BCUT2D eigenvalue weighted by Gasteiger charge is 2.55. The molecule has 5 heterocycles. The smallest absolute Gasteiger partial charge is 0.253 e. The molecule has 1 aliphatic carbocycles. The van der Waals surface area contributed by atoms with Crippen molar-refractivity contribution in [2.75, 3.05) is 0 Å². The molecule has 2 nitrogen and oxygen atoms in total. The molecule has 3 aliphatic heterocycles. The van der Waals surface area contributed by atoms with Gasteiger partial charge in [0.25, 0.3) is 6.71 Å². The van der Waals surface area contributed by atoms with Gasteiger partial charge < -0.3 is 9.13 Å². The van der Waals surface area contributed by atoms with Crippen LogP contribution in [0.1, 0.15) is 98.6 Å². The number of aromatic nitrogens is 2. The van der Waals surface area contributed by atoms with E-state index in [-0.39, 0.29) is 6.71 Å². The molecule has 9 aromatic carbocycles. The monoisotopic (exact) mass is 870 g/mol. The van der Waals surface area contributed by atoms with Gasteiger partial charge in [0.15, 0.2) is 0 Å². The molecule has 0 fully saturated rings. The number of fused-ring (bicyclic) bond motifs is 13. The van der Waals surface area contributed by atoms with Crippen LogP contribution >= 0.6 is 0 Å². The molecule has 1 spiro atoms. The molecule has 68 heavy (non-hydrogen) atoms. The van der Waals surface area contributed by atoms with Crippen molar-refractivity contribution < 1.29 is 0 Å². The Morgan fingerprint density at radius 1 is 0.441 bits per heavy atom. The van der Waals surface area contributed by atoms with Crippen molar-refractivity contribution in [2.24, 2.45) is 0 Å². The highest BCUT2D eigenvalue weighted by molar-refractivity contribution is 7.01. The second-order valence-corrected chi connectivity index (χ2v) is 20.2. The molecule has 0 amide bonds. The van der Waals surface area contributed by atoms with E-state index in [1.54, 1.807) is 0 Å². The van der Waals surface area contributed by atoms with Gasteiger partial charge in [-0.15, -0.1) is 0 Å². The molecule has 0 saturated carbocycles. The van der Waals surface area contributed by atoms with Crippen LogP contribution in [0.5, 0.6) is 0 Å². The van der Waals surface area contributed by atoms with E-state index in [1.807, 2.05) is 0 Å². The maximum Gasteiger partial charge on any atom is 0.253 e. The van der Waals surface area contributed by atoms with Gasteiger partial charge in [-0.05, 0) is 145 Å². The highest BCUT2D eigenvalue weighted by atomic mass is 15.1. The maximum absolute atomic E-state index is 2.80. The zero-order valence-electron chi connectivity index (χ0n) is 39.2. The van der Waals surface area contributed by atoms with Gasteiger partial charge in [0.05, 0.1) is 22.1 Å². The van der Waals surface area contributed by atoms with E-state index in [9.17, 15) is 0 Å². The Morgan fingerprint density at radius 3 is 1.71 bits per heavy atom. The van der Waals surface area contributed by atoms with Crippen molar-refractivity contribution in [3.05, 3.63) is 209 Å². The lowest BCUT2D eigenvalue weighted by Gasteiger charge is -2.44. The summed E-state index contributed by atoms with van der Waals surface area (Å²) in [7, 11) is 0. The number of hydrogen-bond acceptors (Lipinski definition) is 0. The van der Waals surface area contributed by atoms with Crippen LogP contribution in [-0.4, -0.2) is 15.8 Å². The summed E-state index contributed by atoms with van der Waals surface area (Å²) in [5, 5.41) is 6.78. The fourth-order valence-corrected chi connectivity index (χ4v) is 14.6. The maximum atomic E-state index is 2.80. The van der Waals surface area contributed by atoms with Crippen molar-refractivity contribution in [3.63, 3.8) is 0 Å². The zero-order valence-corrected chi connectivity index (χ0v) is 39.2. The average Bonchev–Trinajstić information content (AvgIpc) is 4.02. The van der Waals surface area contributed by atoms with E-state index < -0.39 is 5.41 Å². The normalized spacial score (nSPS) is 14.2. The van der Waals surface area contributed by atoms with Crippen LogP contribution in [0.2, 0.25) is 0 Å². The molecule has 15 rings (SSSR count). The molecule has 0 saturated heterocycles. The van der Waals surface area contributed by atoms with E-state index >= 15 is 0 Å². The predicted octanol–water partition coefficient (Wildman–Crippen LogP) is 14.8. The third-order valence-electron chi connectivity index (χ3n) is 17.4. The van der Waals surface area contributed by atoms with E-state index in [4.69, 9.17) is 0 Å². The Balaban J connectivity index is 1.23. The Labute approximate surface area is 398 Å². The quantitative estimate of drug-likeness (QED) is 0.135. The molecule has 0 radical (unpaired) electrons. The topological polar surface area (TPSA) is 9.86 Å². The molecule has 2 aromatic heterocycles. The Bertz CT molecular complexity index is 3930. The van der Waals surface area contributed by atoms with Crippen LogP contribution < -0.4 is 16.4 Å². The van der Waals surface area contributed by atoms with Crippen molar-refractivity contribution in [3.8, 4) is 44.9 Å². The first-order valence-electron chi connectivity index (χ1n) is 25.3. The van der Waals surface area contributed by atoms with Crippen LogP contribution in [0.15, 0.2) is 176 Å². The number of nitrogens with zero attached hydrogens (tertiary/aromatic N) is 2. The Morgan fingerprint density at radius 2 is 1.03 bits per heavy atom. The minimum Gasteiger partial charge on any atom is -0.310 e. The van der Waals surface area contributed by atoms with Gasteiger partial charge in [0.1, 0.15) is 0 Å². The number of hydrogen-bond donors (Lipinski definition) is 0. The van der Waals surface area contributed by atoms with Gasteiger partial charge in [-0.2, -0.15) is 0 Å². The van der Waals surface area contributed by atoms with Crippen LogP contribution in [0, 0.1) is 0 Å². The highest BCUT2D eigenvalue weighted by Crippen LogP contribution is 2.62. The Kier molecular flexibility index (Phi) is 7.89. The van der Waals surface area contributed by atoms with Gasteiger partial charge in [0, 0.05) is 38.6 Å². The summed E-state index contributed by atoms with van der Waals surface area (Å²) in [5.41, 5.74) is 26.9. The van der Waals surface area contributed by atoms with Crippen LogP contribution in [0.4, 0.5) is 0 Å². The summed E-state index contributed by atoms with van der Waals surface area (Å²) < 4.78 is 5.52. The molecule has 324 valence electrons. The molecule has 11 aromatic rings. The molecule has 4 aliphatic rings. The molecular weight excluding hydrogens is 820 g/mol. The first-order chi connectivity index (χ1) is 33.6. The lowest BCUT2D eigenvalue weighted by molar-refractivity contribution is 0.639. The molecule has 3 heteroatoms. The first kappa shape index (κ1) is 38.7. The standard InChI is InChI=1S/C65H51BN2/c1-5-38(6-2)43-34-48-49-35-44(39(7-3)8-4)37-55-62(49)68-61(48)54(36-43)65(51-29-19-17-27-46(51)47-28-18-20-30-52(47)65)53-31-32-56-59(64(53)68)66(55)58-45-26-16-15-25-42(45)33-50-57(40-21-11-9-12-22-40)60(67(56)63(50)58)41-23-13-10-14-24-41/h9-39H,5-8H2,1-4H3. The fourth-order valence-electron chi connectivity index (χ4n) is 14.6. The van der Waals surface area contributed by atoms with E-state index in [2.05, 4.69) is 213 Å².